The lowest BCUT2D eigenvalue weighted by Gasteiger charge is -2.09. The van der Waals surface area contributed by atoms with Gasteiger partial charge in [-0.15, -0.1) is 5.10 Å². The van der Waals surface area contributed by atoms with Crippen LogP contribution in [-0.2, 0) is 0 Å². The summed E-state index contributed by atoms with van der Waals surface area (Å²) in [5.74, 6) is 0. The molecule has 7 heteroatoms. The van der Waals surface area contributed by atoms with Gasteiger partial charge in [-0.25, -0.2) is 4.79 Å². The van der Waals surface area contributed by atoms with E-state index < -0.39 is 11.7 Å². The first-order valence-electron chi connectivity index (χ1n) is 4.84. The van der Waals surface area contributed by atoms with E-state index in [9.17, 15) is 9.59 Å². The number of carbonyl (C=O) groups is 1. The molecule has 0 bridgehead atoms. The van der Waals surface area contributed by atoms with Gasteiger partial charge < -0.3 is 4.90 Å². The zero-order valence-electron chi connectivity index (χ0n) is 9.32. The van der Waals surface area contributed by atoms with Crippen molar-refractivity contribution in [3.63, 3.8) is 0 Å². The molecule has 1 amide bonds. The molecule has 0 aliphatic rings. The summed E-state index contributed by atoms with van der Waals surface area (Å²) in [4.78, 5) is 29.6. The van der Waals surface area contributed by atoms with Crippen LogP contribution in [0.15, 0.2) is 29.1 Å². The highest BCUT2D eigenvalue weighted by molar-refractivity contribution is 5.76. The summed E-state index contributed by atoms with van der Waals surface area (Å²) in [6.07, 6.45) is -0.698. The van der Waals surface area contributed by atoms with E-state index in [1.54, 1.807) is 24.3 Å². The van der Waals surface area contributed by atoms with E-state index in [4.69, 9.17) is 4.84 Å². The van der Waals surface area contributed by atoms with Crippen molar-refractivity contribution in [3.05, 3.63) is 34.6 Å². The van der Waals surface area contributed by atoms with Crippen LogP contribution in [0.4, 0.5) is 4.79 Å². The highest BCUT2D eigenvalue weighted by Crippen LogP contribution is 2.02. The van der Waals surface area contributed by atoms with E-state index in [0.29, 0.717) is 15.7 Å². The molecule has 2 aromatic rings. The van der Waals surface area contributed by atoms with Gasteiger partial charge in [-0.2, -0.15) is 0 Å². The first kappa shape index (κ1) is 11.1. The van der Waals surface area contributed by atoms with Gasteiger partial charge in [0, 0.05) is 14.1 Å². The van der Waals surface area contributed by atoms with Gasteiger partial charge in [0.15, 0.2) is 0 Å². The highest BCUT2D eigenvalue weighted by Gasteiger charge is 2.11. The molecule has 1 aromatic carbocycles. The SMILES string of the molecule is CN(C)C(=O)On1nnc2ccccc2c1=O. The molecular formula is C10H10N4O3. The molecular weight excluding hydrogens is 224 g/mol. The molecule has 0 N–H and O–H groups in total. The molecule has 0 radical (unpaired) electrons. The van der Waals surface area contributed by atoms with Gasteiger partial charge in [-0.05, 0) is 22.2 Å². The molecule has 0 saturated carbocycles. The molecule has 88 valence electrons. The zero-order valence-corrected chi connectivity index (χ0v) is 9.32. The number of benzene rings is 1. The van der Waals surface area contributed by atoms with Gasteiger partial charge in [0.05, 0.1) is 5.39 Å². The van der Waals surface area contributed by atoms with Crippen molar-refractivity contribution >= 4 is 17.0 Å². The zero-order chi connectivity index (χ0) is 12.4. The van der Waals surface area contributed by atoms with Crippen molar-refractivity contribution in [1.82, 2.24) is 20.1 Å². The lowest BCUT2D eigenvalue weighted by molar-refractivity contribution is 0.0822. The van der Waals surface area contributed by atoms with Crippen LogP contribution in [0, 0.1) is 0 Å². The number of fused-ring (bicyclic) bond motifs is 1. The number of rotatable bonds is 1. The average Bonchev–Trinajstić information content (AvgIpc) is 2.33. The third-order valence-electron chi connectivity index (χ3n) is 2.07. The summed E-state index contributed by atoms with van der Waals surface area (Å²) in [5, 5.41) is 7.63. The molecule has 1 aromatic heterocycles. The summed E-state index contributed by atoms with van der Waals surface area (Å²) >= 11 is 0. The molecule has 0 spiro atoms. The number of amides is 1. The third kappa shape index (κ3) is 2.07. The summed E-state index contributed by atoms with van der Waals surface area (Å²) in [6.45, 7) is 0. The van der Waals surface area contributed by atoms with Gasteiger partial charge in [0.1, 0.15) is 5.52 Å². The van der Waals surface area contributed by atoms with Crippen molar-refractivity contribution < 1.29 is 9.63 Å². The van der Waals surface area contributed by atoms with E-state index in [-0.39, 0.29) is 0 Å². The van der Waals surface area contributed by atoms with Gasteiger partial charge in [-0.3, -0.25) is 9.63 Å². The maximum atomic E-state index is 11.9. The fraction of sp³-hybridized carbons (Fsp3) is 0.200. The summed E-state index contributed by atoms with van der Waals surface area (Å²) in [5.41, 5.74) is -0.0690. The average molecular weight is 234 g/mol. The standard InChI is InChI=1S/C10H10N4O3/c1-13(2)10(16)17-14-9(15)7-5-3-4-6-8(7)11-12-14/h3-6H,1-2H3. The Balaban J connectivity index is 2.47. The molecule has 0 atom stereocenters. The Kier molecular flexibility index (Phi) is 2.73. The van der Waals surface area contributed by atoms with Crippen LogP contribution in [0.2, 0.25) is 0 Å². The molecule has 2 rings (SSSR count). The van der Waals surface area contributed by atoms with Gasteiger partial charge in [0.25, 0.3) is 0 Å². The van der Waals surface area contributed by atoms with E-state index in [2.05, 4.69) is 10.3 Å². The Bertz CT molecular complexity index is 620. The van der Waals surface area contributed by atoms with E-state index >= 15 is 0 Å². The second-order valence-electron chi connectivity index (χ2n) is 3.54. The quantitative estimate of drug-likeness (QED) is 0.644. The van der Waals surface area contributed by atoms with Crippen molar-refractivity contribution in [2.24, 2.45) is 0 Å². The van der Waals surface area contributed by atoms with Gasteiger partial charge in [0.2, 0.25) is 0 Å². The van der Waals surface area contributed by atoms with Crippen LogP contribution < -0.4 is 10.4 Å². The maximum absolute atomic E-state index is 11.9. The minimum Gasteiger partial charge on any atom is -0.312 e. The molecule has 0 aliphatic heterocycles. The minimum atomic E-state index is -0.698. The second-order valence-corrected chi connectivity index (χ2v) is 3.54. The van der Waals surface area contributed by atoms with Gasteiger partial charge in [-0.1, -0.05) is 12.1 Å². The molecule has 0 saturated heterocycles. The van der Waals surface area contributed by atoms with Crippen LogP contribution in [-0.4, -0.2) is 40.2 Å². The molecule has 7 nitrogen and oxygen atoms in total. The summed E-state index contributed by atoms with van der Waals surface area (Å²) in [6, 6.07) is 6.68. The Morgan fingerprint density at radius 3 is 2.76 bits per heavy atom. The van der Waals surface area contributed by atoms with Crippen LogP contribution >= 0.6 is 0 Å². The number of hydrogen-bond acceptors (Lipinski definition) is 5. The van der Waals surface area contributed by atoms with Crippen molar-refractivity contribution in [2.45, 2.75) is 0 Å². The number of hydrogen-bond donors (Lipinski definition) is 0. The Morgan fingerprint density at radius 1 is 1.35 bits per heavy atom. The maximum Gasteiger partial charge on any atom is 0.435 e. The minimum absolute atomic E-state index is 0.342. The van der Waals surface area contributed by atoms with E-state index in [1.807, 2.05) is 0 Å². The van der Waals surface area contributed by atoms with E-state index in [0.717, 1.165) is 0 Å². The topological polar surface area (TPSA) is 77.3 Å². The van der Waals surface area contributed by atoms with Crippen molar-refractivity contribution in [1.29, 1.82) is 0 Å². The van der Waals surface area contributed by atoms with Crippen LogP contribution in [0.3, 0.4) is 0 Å². The van der Waals surface area contributed by atoms with Gasteiger partial charge >= 0.3 is 11.7 Å². The predicted molar refractivity (Wildman–Crippen MR) is 59.5 cm³/mol. The molecule has 17 heavy (non-hydrogen) atoms. The van der Waals surface area contributed by atoms with Crippen molar-refractivity contribution in [2.75, 3.05) is 14.1 Å². The molecule has 0 unspecified atom stereocenters. The molecule has 1 heterocycles. The number of carbonyl (C=O) groups excluding carboxylic acids is 1. The largest absolute Gasteiger partial charge is 0.435 e. The summed E-state index contributed by atoms with van der Waals surface area (Å²) in [7, 11) is 3.00. The normalized spacial score (nSPS) is 10.2. The first-order chi connectivity index (χ1) is 8.09. The lowest BCUT2D eigenvalue weighted by Crippen LogP contribution is -2.38. The Morgan fingerprint density at radius 2 is 2.06 bits per heavy atom. The Hall–Kier alpha value is -2.44. The third-order valence-corrected chi connectivity index (χ3v) is 2.07. The predicted octanol–water partition coefficient (Wildman–Crippen LogP) is -0.0983. The fourth-order valence-electron chi connectivity index (χ4n) is 1.19. The number of nitrogens with zero attached hydrogens (tertiary/aromatic N) is 4. The van der Waals surface area contributed by atoms with Crippen LogP contribution in [0.1, 0.15) is 0 Å². The molecule has 0 fully saturated rings. The van der Waals surface area contributed by atoms with Crippen LogP contribution in [0.25, 0.3) is 10.9 Å². The lowest BCUT2D eigenvalue weighted by atomic mass is 10.2. The molecule has 0 aliphatic carbocycles. The summed E-state index contributed by atoms with van der Waals surface area (Å²) < 4.78 is 0. The Labute approximate surface area is 96.2 Å². The van der Waals surface area contributed by atoms with Crippen molar-refractivity contribution in [3.8, 4) is 0 Å². The van der Waals surface area contributed by atoms with E-state index in [1.165, 1.54) is 19.0 Å². The second kappa shape index (κ2) is 4.20. The highest BCUT2D eigenvalue weighted by atomic mass is 16.7. The van der Waals surface area contributed by atoms with Crippen LogP contribution in [0.5, 0.6) is 0 Å². The first-order valence-corrected chi connectivity index (χ1v) is 4.84. The number of aromatic nitrogens is 3. The smallest absolute Gasteiger partial charge is 0.312 e. The monoisotopic (exact) mass is 234 g/mol. The fourth-order valence-corrected chi connectivity index (χ4v) is 1.19.